The molecular weight excluding hydrogens is 364 g/mol. The summed E-state index contributed by atoms with van der Waals surface area (Å²) in [5.41, 5.74) is 1.09. The highest BCUT2D eigenvalue weighted by molar-refractivity contribution is 7.92. The standard InChI is InChI=1S/C16H17ClN4O3S/c17-14-9-18-16-13(14)2-1-3-15(16)20-25(22,23)12-8-19-21(10-12)11-4-6-24-7-5-11/h1-3,8-11,18,20H,4-7H2. The third kappa shape index (κ3) is 3.12. The Kier molecular flexibility index (Phi) is 4.18. The van der Waals surface area contributed by atoms with Crippen LogP contribution in [0.15, 0.2) is 41.7 Å². The lowest BCUT2D eigenvalue weighted by Gasteiger charge is -2.22. The minimum Gasteiger partial charge on any atom is -0.381 e. The molecule has 3 aromatic rings. The van der Waals surface area contributed by atoms with Crippen LogP contribution in [-0.4, -0.2) is 36.4 Å². The Bertz CT molecular complexity index is 1010. The van der Waals surface area contributed by atoms with Crippen LogP contribution >= 0.6 is 11.6 Å². The number of hydrogen-bond donors (Lipinski definition) is 2. The minimum absolute atomic E-state index is 0.133. The van der Waals surface area contributed by atoms with Crippen molar-refractivity contribution in [2.24, 2.45) is 0 Å². The van der Waals surface area contributed by atoms with Gasteiger partial charge in [-0.2, -0.15) is 5.10 Å². The van der Waals surface area contributed by atoms with E-state index in [2.05, 4.69) is 14.8 Å². The molecule has 1 aliphatic heterocycles. The van der Waals surface area contributed by atoms with Gasteiger partial charge in [0.25, 0.3) is 10.0 Å². The Hall–Kier alpha value is -2.03. The van der Waals surface area contributed by atoms with Crippen LogP contribution in [0.5, 0.6) is 0 Å². The Balaban J connectivity index is 1.62. The highest BCUT2D eigenvalue weighted by Crippen LogP contribution is 2.30. The molecule has 0 atom stereocenters. The molecule has 1 aromatic carbocycles. The van der Waals surface area contributed by atoms with Crippen molar-refractivity contribution in [1.82, 2.24) is 14.8 Å². The zero-order chi connectivity index (χ0) is 17.4. The molecule has 0 radical (unpaired) electrons. The number of benzene rings is 1. The second-order valence-corrected chi connectivity index (χ2v) is 8.06. The summed E-state index contributed by atoms with van der Waals surface area (Å²) in [4.78, 5) is 3.13. The zero-order valence-electron chi connectivity index (χ0n) is 13.3. The third-order valence-corrected chi connectivity index (χ3v) is 6.00. The fourth-order valence-corrected chi connectivity index (χ4v) is 4.24. The van der Waals surface area contributed by atoms with Gasteiger partial charge < -0.3 is 9.72 Å². The summed E-state index contributed by atoms with van der Waals surface area (Å²) in [5, 5.41) is 5.54. The number of nitrogens with one attached hydrogen (secondary N) is 2. The van der Waals surface area contributed by atoms with Crippen LogP contribution in [0.1, 0.15) is 18.9 Å². The normalized spacial score (nSPS) is 16.4. The van der Waals surface area contributed by atoms with Gasteiger partial charge in [-0.05, 0) is 18.9 Å². The number of aromatic nitrogens is 3. The van der Waals surface area contributed by atoms with Gasteiger partial charge in [-0.15, -0.1) is 0 Å². The zero-order valence-corrected chi connectivity index (χ0v) is 14.8. The third-order valence-electron chi connectivity index (χ3n) is 4.36. The molecule has 1 saturated heterocycles. The Morgan fingerprint density at radius 2 is 2.12 bits per heavy atom. The molecule has 4 rings (SSSR count). The number of anilines is 1. The van der Waals surface area contributed by atoms with E-state index < -0.39 is 10.0 Å². The van der Waals surface area contributed by atoms with Crippen molar-refractivity contribution >= 4 is 38.2 Å². The van der Waals surface area contributed by atoms with E-state index in [4.69, 9.17) is 16.3 Å². The number of hydrogen-bond acceptors (Lipinski definition) is 4. The van der Waals surface area contributed by atoms with Gasteiger partial charge in [-0.25, -0.2) is 8.42 Å². The quantitative estimate of drug-likeness (QED) is 0.727. The van der Waals surface area contributed by atoms with E-state index in [0.717, 1.165) is 18.2 Å². The Labute approximate surface area is 150 Å². The molecule has 7 nitrogen and oxygen atoms in total. The van der Waals surface area contributed by atoms with Crippen molar-refractivity contribution in [1.29, 1.82) is 0 Å². The monoisotopic (exact) mass is 380 g/mol. The second kappa shape index (κ2) is 6.36. The van der Waals surface area contributed by atoms with Crippen LogP contribution in [0.25, 0.3) is 10.9 Å². The molecule has 0 unspecified atom stereocenters. The molecule has 25 heavy (non-hydrogen) atoms. The van der Waals surface area contributed by atoms with Crippen molar-refractivity contribution in [2.45, 2.75) is 23.8 Å². The summed E-state index contributed by atoms with van der Waals surface area (Å²) < 4.78 is 35.1. The summed E-state index contributed by atoms with van der Waals surface area (Å²) in [6.45, 7) is 1.33. The van der Waals surface area contributed by atoms with Crippen LogP contribution in [0, 0.1) is 0 Å². The topological polar surface area (TPSA) is 89.0 Å². The Morgan fingerprint density at radius 3 is 2.92 bits per heavy atom. The molecular formula is C16H17ClN4O3S. The molecule has 0 amide bonds. The molecule has 1 fully saturated rings. The number of nitrogens with zero attached hydrogens (tertiary/aromatic N) is 2. The fourth-order valence-electron chi connectivity index (χ4n) is 3.02. The van der Waals surface area contributed by atoms with Gasteiger partial charge in [0.05, 0.1) is 28.5 Å². The number of para-hydroxylation sites is 1. The molecule has 132 valence electrons. The van der Waals surface area contributed by atoms with Crippen LogP contribution in [-0.2, 0) is 14.8 Å². The van der Waals surface area contributed by atoms with Crippen LogP contribution < -0.4 is 4.72 Å². The second-order valence-electron chi connectivity index (χ2n) is 5.97. The first-order chi connectivity index (χ1) is 12.0. The number of halogens is 1. The molecule has 2 N–H and O–H groups in total. The number of ether oxygens (including phenoxy) is 1. The summed E-state index contributed by atoms with van der Waals surface area (Å²) in [5.74, 6) is 0. The summed E-state index contributed by atoms with van der Waals surface area (Å²) >= 11 is 6.09. The van der Waals surface area contributed by atoms with E-state index in [1.165, 1.54) is 6.20 Å². The molecule has 9 heteroatoms. The van der Waals surface area contributed by atoms with Gasteiger partial charge in [0.2, 0.25) is 0 Å². The minimum atomic E-state index is -3.74. The summed E-state index contributed by atoms with van der Waals surface area (Å²) in [6, 6.07) is 5.44. The average Bonchev–Trinajstić information content (AvgIpc) is 3.24. The fraction of sp³-hybridized carbons (Fsp3) is 0.312. The van der Waals surface area contributed by atoms with E-state index >= 15 is 0 Å². The smallest absolute Gasteiger partial charge is 0.265 e. The van der Waals surface area contributed by atoms with Gasteiger partial charge in [-0.1, -0.05) is 23.7 Å². The number of fused-ring (bicyclic) bond motifs is 1. The van der Waals surface area contributed by atoms with Gasteiger partial charge in [0.15, 0.2) is 0 Å². The average molecular weight is 381 g/mol. The molecule has 2 aromatic heterocycles. The predicted octanol–water partition coefficient (Wildman–Crippen LogP) is 3.17. The van der Waals surface area contributed by atoms with E-state index in [1.54, 1.807) is 29.2 Å². The SMILES string of the molecule is O=S(=O)(Nc1cccc2c(Cl)c[nH]c12)c1cnn(C2CCOCC2)c1. The predicted molar refractivity (Wildman–Crippen MR) is 95.4 cm³/mol. The largest absolute Gasteiger partial charge is 0.381 e. The van der Waals surface area contributed by atoms with Crippen LogP contribution in [0.2, 0.25) is 5.02 Å². The highest BCUT2D eigenvalue weighted by Gasteiger charge is 2.22. The van der Waals surface area contributed by atoms with Crippen molar-refractivity contribution in [3.8, 4) is 0 Å². The van der Waals surface area contributed by atoms with Crippen molar-refractivity contribution in [3.63, 3.8) is 0 Å². The molecule has 0 spiro atoms. The number of aromatic amines is 1. The number of H-pyrrole nitrogens is 1. The first-order valence-electron chi connectivity index (χ1n) is 7.95. The van der Waals surface area contributed by atoms with Crippen LogP contribution in [0.4, 0.5) is 5.69 Å². The van der Waals surface area contributed by atoms with Gasteiger partial charge in [-0.3, -0.25) is 9.40 Å². The lowest BCUT2D eigenvalue weighted by molar-refractivity contribution is 0.0662. The van der Waals surface area contributed by atoms with E-state index in [9.17, 15) is 8.42 Å². The molecule has 0 aliphatic carbocycles. The molecule has 0 bridgehead atoms. The van der Waals surface area contributed by atoms with Crippen molar-refractivity contribution in [2.75, 3.05) is 17.9 Å². The molecule has 1 aliphatic rings. The van der Waals surface area contributed by atoms with E-state index in [1.807, 2.05) is 6.07 Å². The lowest BCUT2D eigenvalue weighted by Crippen LogP contribution is -2.20. The van der Waals surface area contributed by atoms with E-state index in [0.29, 0.717) is 29.4 Å². The van der Waals surface area contributed by atoms with Crippen molar-refractivity contribution < 1.29 is 13.2 Å². The summed E-state index contributed by atoms with van der Waals surface area (Å²) in [6.07, 6.45) is 6.23. The maximum atomic E-state index is 12.7. The maximum absolute atomic E-state index is 12.7. The molecule has 3 heterocycles. The van der Waals surface area contributed by atoms with Crippen molar-refractivity contribution in [3.05, 3.63) is 41.8 Å². The summed E-state index contributed by atoms with van der Waals surface area (Å²) in [7, 11) is -3.74. The number of sulfonamides is 1. The first kappa shape index (κ1) is 16.4. The molecule has 0 saturated carbocycles. The van der Waals surface area contributed by atoms with Gasteiger partial charge in [0.1, 0.15) is 4.90 Å². The van der Waals surface area contributed by atoms with Crippen LogP contribution in [0.3, 0.4) is 0 Å². The first-order valence-corrected chi connectivity index (χ1v) is 9.81. The number of rotatable bonds is 4. The highest BCUT2D eigenvalue weighted by atomic mass is 35.5. The van der Waals surface area contributed by atoms with Gasteiger partial charge >= 0.3 is 0 Å². The maximum Gasteiger partial charge on any atom is 0.265 e. The van der Waals surface area contributed by atoms with E-state index in [-0.39, 0.29) is 10.9 Å². The van der Waals surface area contributed by atoms with Gasteiger partial charge in [0, 0.05) is 31.0 Å². The Morgan fingerprint density at radius 1 is 1.32 bits per heavy atom. The lowest BCUT2D eigenvalue weighted by atomic mass is 10.1.